The molecule has 6 nitrogen and oxygen atoms in total. The maximum Gasteiger partial charge on any atom is 0.243 e. The minimum Gasteiger partial charge on any atom is -0.370 e. The number of nitrogens with zero attached hydrogens (tertiary/aromatic N) is 2. The summed E-state index contributed by atoms with van der Waals surface area (Å²) in [5, 5.41) is 7.31. The Kier molecular flexibility index (Phi) is 6.41. The monoisotopic (exact) mass is 440 g/mol. The summed E-state index contributed by atoms with van der Waals surface area (Å²) in [4.78, 5) is 4.50. The Labute approximate surface area is 177 Å². The zero-order chi connectivity index (χ0) is 21.2. The summed E-state index contributed by atoms with van der Waals surface area (Å²) < 4.78 is 54.4. The lowest BCUT2D eigenvalue weighted by atomic mass is 9.85. The molecule has 2 aliphatic heterocycles. The Balaban J connectivity index is 1.50. The van der Waals surface area contributed by atoms with Gasteiger partial charge in [-0.25, -0.2) is 17.2 Å². The highest BCUT2D eigenvalue weighted by Gasteiger charge is 2.43. The van der Waals surface area contributed by atoms with Crippen molar-refractivity contribution in [3.05, 3.63) is 29.8 Å². The Bertz CT molecular complexity index is 872. The number of sulfonamides is 1. The van der Waals surface area contributed by atoms with Crippen molar-refractivity contribution in [3.8, 4) is 0 Å². The third-order valence-electron chi connectivity index (χ3n) is 6.52. The lowest BCUT2D eigenvalue weighted by molar-refractivity contribution is 0.245. The molecule has 1 saturated heterocycles. The van der Waals surface area contributed by atoms with Crippen LogP contribution in [-0.4, -0.2) is 56.3 Å². The fraction of sp³-hybridized carbons (Fsp3) is 0.667. The van der Waals surface area contributed by atoms with Crippen LogP contribution in [-0.2, 0) is 10.0 Å². The fourth-order valence-electron chi connectivity index (χ4n) is 4.81. The van der Waals surface area contributed by atoms with E-state index in [2.05, 4.69) is 10.6 Å². The van der Waals surface area contributed by atoms with E-state index in [1.807, 2.05) is 0 Å². The number of rotatable bonds is 3. The molecule has 30 heavy (non-hydrogen) atoms. The van der Waals surface area contributed by atoms with Crippen molar-refractivity contribution in [1.29, 1.82) is 0 Å². The van der Waals surface area contributed by atoms with Crippen LogP contribution < -0.4 is 10.6 Å². The summed E-state index contributed by atoms with van der Waals surface area (Å²) in [7, 11) is -3.95. The van der Waals surface area contributed by atoms with E-state index in [9.17, 15) is 17.2 Å². The molecule has 1 aliphatic carbocycles. The molecule has 1 spiro atoms. The van der Waals surface area contributed by atoms with Crippen LogP contribution in [0.5, 0.6) is 0 Å². The average molecular weight is 441 g/mol. The molecule has 1 saturated carbocycles. The first kappa shape index (κ1) is 21.6. The molecule has 166 valence electrons. The standard InChI is InChI=1S/C21H30F2N4O2S/c22-16-13-17(23)15-19(14-16)30(28,29)27-11-7-21(8-12-27)20(24-9-4-10-25-21)26-18-5-2-1-3-6-18/h13-15,18,25H,1-12H2,(H,24,26). The molecule has 0 amide bonds. The normalized spacial score (nSPS) is 23.7. The van der Waals surface area contributed by atoms with E-state index < -0.39 is 21.7 Å². The zero-order valence-electron chi connectivity index (χ0n) is 17.2. The second kappa shape index (κ2) is 8.88. The number of piperidine rings is 1. The number of amidine groups is 1. The highest BCUT2D eigenvalue weighted by Crippen LogP contribution is 2.30. The number of aliphatic imine (C=N–C) groups is 1. The number of benzene rings is 1. The van der Waals surface area contributed by atoms with Crippen LogP contribution in [0.25, 0.3) is 0 Å². The van der Waals surface area contributed by atoms with E-state index in [-0.39, 0.29) is 23.5 Å². The molecule has 0 unspecified atom stereocenters. The van der Waals surface area contributed by atoms with Crippen LogP contribution in [0, 0.1) is 11.6 Å². The van der Waals surface area contributed by atoms with E-state index in [1.54, 1.807) is 0 Å². The van der Waals surface area contributed by atoms with Crippen LogP contribution in [0.2, 0.25) is 0 Å². The van der Waals surface area contributed by atoms with E-state index in [4.69, 9.17) is 4.99 Å². The van der Waals surface area contributed by atoms with Gasteiger partial charge >= 0.3 is 0 Å². The molecule has 2 N–H and O–H groups in total. The van der Waals surface area contributed by atoms with Crippen LogP contribution in [0.15, 0.2) is 28.1 Å². The summed E-state index contributed by atoms with van der Waals surface area (Å²) in [6.07, 6.45) is 8.10. The zero-order valence-corrected chi connectivity index (χ0v) is 18.0. The molecule has 3 aliphatic rings. The van der Waals surface area contributed by atoms with Gasteiger partial charge in [0, 0.05) is 31.7 Å². The van der Waals surface area contributed by atoms with Crippen molar-refractivity contribution in [2.24, 2.45) is 4.99 Å². The third kappa shape index (κ3) is 4.53. The fourth-order valence-corrected chi connectivity index (χ4v) is 6.29. The van der Waals surface area contributed by atoms with Crippen molar-refractivity contribution >= 4 is 15.9 Å². The number of halogens is 2. The summed E-state index contributed by atoms with van der Waals surface area (Å²) in [6.45, 7) is 2.15. The molecule has 0 aromatic heterocycles. The molecule has 2 heterocycles. The molecule has 0 bridgehead atoms. The minimum absolute atomic E-state index is 0.277. The van der Waals surface area contributed by atoms with Crippen molar-refractivity contribution in [3.63, 3.8) is 0 Å². The number of hydrogen-bond donors (Lipinski definition) is 2. The van der Waals surface area contributed by atoms with Gasteiger partial charge in [0.2, 0.25) is 10.0 Å². The summed E-state index contributed by atoms with van der Waals surface area (Å²) in [6, 6.07) is 2.86. The first-order chi connectivity index (χ1) is 14.4. The number of nitrogens with one attached hydrogen (secondary N) is 2. The molecule has 0 atom stereocenters. The third-order valence-corrected chi connectivity index (χ3v) is 8.39. The summed E-state index contributed by atoms with van der Waals surface area (Å²) in [5.41, 5.74) is -0.368. The largest absolute Gasteiger partial charge is 0.370 e. The van der Waals surface area contributed by atoms with Crippen molar-refractivity contribution in [2.75, 3.05) is 26.2 Å². The maximum atomic E-state index is 13.6. The lowest BCUT2D eigenvalue weighted by Gasteiger charge is -2.43. The van der Waals surface area contributed by atoms with Crippen LogP contribution in [0.1, 0.15) is 51.4 Å². The molecule has 0 radical (unpaired) electrons. The Morgan fingerprint density at radius 3 is 2.37 bits per heavy atom. The van der Waals surface area contributed by atoms with E-state index >= 15 is 0 Å². The molecule has 1 aromatic rings. The molecular weight excluding hydrogens is 410 g/mol. The first-order valence-electron chi connectivity index (χ1n) is 10.9. The van der Waals surface area contributed by atoms with Gasteiger partial charge in [-0.15, -0.1) is 0 Å². The summed E-state index contributed by atoms with van der Waals surface area (Å²) in [5.74, 6) is -0.821. The Morgan fingerprint density at radius 2 is 1.70 bits per heavy atom. The average Bonchev–Trinajstić information content (AvgIpc) is 2.91. The van der Waals surface area contributed by atoms with Crippen LogP contribution in [0.4, 0.5) is 8.78 Å². The smallest absolute Gasteiger partial charge is 0.243 e. The van der Waals surface area contributed by atoms with Gasteiger partial charge in [-0.3, -0.25) is 4.99 Å². The van der Waals surface area contributed by atoms with E-state index in [0.717, 1.165) is 50.3 Å². The number of hydrogen-bond acceptors (Lipinski definition) is 5. The van der Waals surface area contributed by atoms with Gasteiger partial charge in [-0.1, -0.05) is 19.3 Å². The van der Waals surface area contributed by atoms with Gasteiger partial charge in [-0.05, 0) is 50.8 Å². The first-order valence-corrected chi connectivity index (χ1v) is 12.4. The molecule has 9 heteroatoms. The molecule has 2 fully saturated rings. The van der Waals surface area contributed by atoms with E-state index in [1.165, 1.54) is 23.6 Å². The predicted molar refractivity (Wildman–Crippen MR) is 112 cm³/mol. The minimum atomic E-state index is -3.95. The van der Waals surface area contributed by atoms with E-state index in [0.29, 0.717) is 24.9 Å². The van der Waals surface area contributed by atoms with Gasteiger partial charge in [0.1, 0.15) is 17.5 Å². The van der Waals surface area contributed by atoms with Crippen molar-refractivity contribution in [2.45, 2.75) is 67.8 Å². The SMILES string of the molecule is O=S(=O)(c1cc(F)cc(F)c1)N1CCC2(CC1)NCCCN=C2NC1CCCCC1. The Morgan fingerprint density at radius 1 is 1.03 bits per heavy atom. The summed E-state index contributed by atoms with van der Waals surface area (Å²) >= 11 is 0. The maximum absolute atomic E-state index is 13.6. The highest BCUT2D eigenvalue weighted by molar-refractivity contribution is 7.89. The predicted octanol–water partition coefficient (Wildman–Crippen LogP) is 2.80. The van der Waals surface area contributed by atoms with Crippen LogP contribution in [0.3, 0.4) is 0 Å². The van der Waals surface area contributed by atoms with Gasteiger partial charge in [-0.2, -0.15) is 4.31 Å². The van der Waals surface area contributed by atoms with Gasteiger partial charge in [0.05, 0.1) is 10.4 Å². The van der Waals surface area contributed by atoms with Gasteiger partial charge in [0.15, 0.2) is 0 Å². The van der Waals surface area contributed by atoms with Crippen molar-refractivity contribution in [1.82, 2.24) is 14.9 Å². The molecular formula is C21H30F2N4O2S. The van der Waals surface area contributed by atoms with Gasteiger partial charge in [0.25, 0.3) is 0 Å². The lowest BCUT2D eigenvalue weighted by Crippen LogP contribution is -2.63. The van der Waals surface area contributed by atoms with Gasteiger partial charge < -0.3 is 10.6 Å². The second-order valence-electron chi connectivity index (χ2n) is 8.58. The molecule has 1 aromatic carbocycles. The van der Waals surface area contributed by atoms with Crippen molar-refractivity contribution < 1.29 is 17.2 Å². The highest BCUT2D eigenvalue weighted by atomic mass is 32.2. The Hall–Kier alpha value is -1.58. The van der Waals surface area contributed by atoms with Crippen LogP contribution >= 0.6 is 0 Å². The second-order valence-corrected chi connectivity index (χ2v) is 10.5. The quantitative estimate of drug-likeness (QED) is 0.758. The molecule has 4 rings (SSSR count). The topological polar surface area (TPSA) is 73.8 Å².